The first-order chi connectivity index (χ1) is 8.66. The summed E-state index contributed by atoms with van der Waals surface area (Å²) in [7, 11) is 0. The molecule has 18 heavy (non-hydrogen) atoms. The molecule has 0 aliphatic rings. The van der Waals surface area contributed by atoms with Crippen molar-refractivity contribution in [1.29, 1.82) is 0 Å². The van der Waals surface area contributed by atoms with E-state index in [0.717, 1.165) is 11.3 Å². The number of hydrogen-bond donors (Lipinski definition) is 0. The maximum Gasteiger partial charge on any atom is 0.251 e. The van der Waals surface area contributed by atoms with Crippen molar-refractivity contribution < 1.29 is 4.79 Å². The van der Waals surface area contributed by atoms with E-state index in [0.29, 0.717) is 6.42 Å². The molecule has 1 heterocycles. The maximum absolute atomic E-state index is 11.9. The van der Waals surface area contributed by atoms with Crippen molar-refractivity contribution in [3.05, 3.63) is 70.1 Å². The molecular formula is C15H15NO2. The third-order valence-corrected chi connectivity index (χ3v) is 2.85. The molecule has 0 N–H and O–H groups in total. The Balaban J connectivity index is 2.11. The number of aromatic nitrogens is 1. The first kappa shape index (κ1) is 12.3. The van der Waals surface area contributed by atoms with E-state index in [2.05, 4.69) is 0 Å². The van der Waals surface area contributed by atoms with Crippen molar-refractivity contribution in [3.63, 3.8) is 0 Å². The lowest BCUT2D eigenvalue weighted by atomic mass is 10.1. The summed E-state index contributed by atoms with van der Waals surface area (Å²) >= 11 is 0. The van der Waals surface area contributed by atoms with Crippen molar-refractivity contribution in [1.82, 2.24) is 4.57 Å². The Morgan fingerprint density at radius 2 is 1.78 bits per heavy atom. The maximum atomic E-state index is 11.9. The van der Waals surface area contributed by atoms with Gasteiger partial charge in [-0.2, -0.15) is 0 Å². The van der Waals surface area contributed by atoms with Crippen LogP contribution in [-0.4, -0.2) is 10.4 Å². The minimum atomic E-state index is -0.128. The van der Waals surface area contributed by atoms with Crippen LogP contribution in [0.25, 0.3) is 0 Å². The molecule has 3 heteroatoms. The summed E-state index contributed by atoms with van der Waals surface area (Å²) in [6, 6.07) is 14.6. The van der Waals surface area contributed by atoms with Gasteiger partial charge in [0.2, 0.25) is 0 Å². The zero-order chi connectivity index (χ0) is 13.0. The highest BCUT2D eigenvalue weighted by Gasteiger charge is 2.07. The molecule has 0 atom stereocenters. The molecule has 92 valence electrons. The van der Waals surface area contributed by atoms with Crippen molar-refractivity contribution in [2.24, 2.45) is 0 Å². The molecule has 0 aliphatic heterocycles. The van der Waals surface area contributed by atoms with Gasteiger partial charge in [0.1, 0.15) is 0 Å². The number of rotatable bonds is 4. The van der Waals surface area contributed by atoms with Gasteiger partial charge in [0.25, 0.3) is 5.56 Å². The fraction of sp³-hybridized carbons (Fsp3) is 0.200. The lowest BCUT2D eigenvalue weighted by molar-refractivity contribution is -0.119. The Bertz CT molecular complexity index is 599. The molecule has 0 amide bonds. The third kappa shape index (κ3) is 2.94. The zero-order valence-electron chi connectivity index (χ0n) is 10.3. The topological polar surface area (TPSA) is 39.1 Å². The minimum absolute atomic E-state index is 0.0394. The van der Waals surface area contributed by atoms with Gasteiger partial charge in [0.05, 0.1) is 6.54 Å². The average molecular weight is 241 g/mol. The number of ketones is 1. The van der Waals surface area contributed by atoms with Gasteiger partial charge in [0, 0.05) is 18.2 Å². The van der Waals surface area contributed by atoms with Gasteiger partial charge in [-0.05, 0) is 18.6 Å². The summed E-state index contributed by atoms with van der Waals surface area (Å²) in [5.41, 5.74) is 1.66. The molecule has 1 aromatic carbocycles. The van der Waals surface area contributed by atoms with Crippen LogP contribution in [0, 0.1) is 6.92 Å². The number of benzene rings is 1. The molecule has 0 fully saturated rings. The standard InChI is InChI=1S/C15H15NO2/c1-12-6-5-9-15(18)16(12)11-14(17)10-13-7-3-2-4-8-13/h2-9H,10-11H2,1H3. The lowest BCUT2D eigenvalue weighted by Crippen LogP contribution is -2.25. The Hall–Kier alpha value is -2.16. The van der Waals surface area contributed by atoms with Crippen LogP contribution in [0.1, 0.15) is 11.3 Å². The van der Waals surface area contributed by atoms with Crippen LogP contribution < -0.4 is 5.56 Å². The SMILES string of the molecule is Cc1cccc(=O)n1CC(=O)Cc1ccccc1. The molecule has 0 spiro atoms. The van der Waals surface area contributed by atoms with Crippen molar-refractivity contribution in [2.75, 3.05) is 0 Å². The minimum Gasteiger partial charge on any atom is -0.306 e. The van der Waals surface area contributed by atoms with E-state index in [4.69, 9.17) is 0 Å². The van der Waals surface area contributed by atoms with Crippen molar-refractivity contribution in [2.45, 2.75) is 19.9 Å². The number of aryl methyl sites for hydroxylation is 1. The molecule has 2 aromatic rings. The number of pyridine rings is 1. The molecule has 0 bridgehead atoms. The van der Waals surface area contributed by atoms with Crippen molar-refractivity contribution >= 4 is 5.78 Å². The lowest BCUT2D eigenvalue weighted by Gasteiger charge is -2.08. The number of hydrogen-bond acceptors (Lipinski definition) is 2. The van der Waals surface area contributed by atoms with Gasteiger partial charge in [-0.3, -0.25) is 9.59 Å². The van der Waals surface area contributed by atoms with E-state index >= 15 is 0 Å². The molecule has 0 saturated heterocycles. The van der Waals surface area contributed by atoms with Crippen LogP contribution >= 0.6 is 0 Å². The third-order valence-electron chi connectivity index (χ3n) is 2.85. The number of carbonyl (C=O) groups excluding carboxylic acids is 1. The van der Waals surface area contributed by atoms with Gasteiger partial charge in [-0.15, -0.1) is 0 Å². The molecule has 2 rings (SSSR count). The van der Waals surface area contributed by atoms with E-state index in [1.807, 2.05) is 43.3 Å². The summed E-state index contributed by atoms with van der Waals surface area (Å²) in [5, 5.41) is 0. The largest absolute Gasteiger partial charge is 0.306 e. The highest BCUT2D eigenvalue weighted by molar-refractivity contribution is 5.80. The van der Waals surface area contributed by atoms with E-state index in [9.17, 15) is 9.59 Å². The molecule has 0 unspecified atom stereocenters. The second-order valence-corrected chi connectivity index (χ2v) is 4.29. The summed E-state index contributed by atoms with van der Waals surface area (Å²) in [4.78, 5) is 23.6. The molecule has 0 radical (unpaired) electrons. The van der Waals surface area contributed by atoms with Crippen LogP contribution in [0.2, 0.25) is 0 Å². The molecular weight excluding hydrogens is 226 g/mol. The molecule has 0 aliphatic carbocycles. The van der Waals surface area contributed by atoms with Crippen molar-refractivity contribution in [3.8, 4) is 0 Å². The summed E-state index contributed by atoms with van der Waals surface area (Å²) < 4.78 is 1.51. The van der Waals surface area contributed by atoms with E-state index in [1.165, 1.54) is 10.6 Å². The number of Topliss-reactive ketones (excluding diaryl/α,β-unsaturated/α-hetero) is 1. The van der Waals surface area contributed by atoms with Crippen LogP contribution in [0.15, 0.2) is 53.3 Å². The Morgan fingerprint density at radius 1 is 1.06 bits per heavy atom. The first-order valence-corrected chi connectivity index (χ1v) is 5.89. The Kier molecular flexibility index (Phi) is 3.72. The van der Waals surface area contributed by atoms with Crippen LogP contribution in [0.4, 0.5) is 0 Å². The fourth-order valence-electron chi connectivity index (χ4n) is 1.88. The van der Waals surface area contributed by atoms with Gasteiger partial charge in [-0.1, -0.05) is 36.4 Å². The van der Waals surface area contributed by atoms with E-state index in [1.54, 1.807) is 6.07 Å². The monoisotopic (exact) mass is 241 g/mol. The summed E-state index contributed by atoms with van der Waals surface area (Å²) in [5.74, 6) is 0.0394. The summed E-state index contributed by atoms with van der Waals surface area (Å²) in [6.07, 6.45) is 0.363. The second kappa shape index (κ2) is 5.45. The van der Waals surface area contributed by atoms with E-state index in [-0.39, 0.29) is 17.9 Å². The smallest absolute Gasteiger partial charge is 0.251 e. The zero-order valence-corrected chi connectivity index (χ0v) is 10.3. The second-order valence-electron chi connectivity index (χ2n) is 4.29. The Morgan fingerprint density at radius 3 is 2.44 bits per heavy atom. The van der Waals surface area contributed by atoms with Gasteiger partial charge < -0.3 is 4.57 Å². The number of carbonyl (C=O) groups is 1. The Labute approximate surface area is 106 Å². The highest BCUT2D eigenvalue weighted by Crippen LogP contribution is 2.02. The quantitative estimate of drug-likeness (QED) is 0.821. The van der Waals surface area contributed by atoms with Gasteiger partial charge >= 0.3 is 0 Å². The predicted octanol–water partition coefficient (Wildman–Crippen LogP) is 1.97. The molecule has 3 nitrogen and oxygen atoms in total. The predicted molar refractivity (Wildman–Crippen MR) is 70.6 cm³/mol. The molecule has 0 saturated carbocycles. The molecule has 1 aromatic heterocycles. The normalized spacial score (nSPS) is 10.3. The van der Waals surface area contributed by atoms with Crippen LogP contribution in [0.5, 0.6) is 0 Å². The van der Waals surface area contributed by atoms with Crippen LogP contribution in [0.3, 0.4) is 0 Å². The van der Waals surface area contributed by atoms with E-state index < -0.39 is 0 Å². The van der Waals surface area contributed by atoms with Gasteiger partial charge in [0.15, 0.2) is 5.78 Å². The van der Waals surface area contributed by atoms with Gasteiger partial charge in [-0.25, -0.2) is 0 Å². The highest BCUT2D eigenvalue weighted by atomic mass is 16.1. The fourth-order valence-corrected chi connectivity index (χ4v) is 1.88. The first-order valence-electron chi connectivity index (χ1n) is 5.89. The van der Waals surface area contributed by atoms with Crippen LogP contribution in [-0.2, 0) is 17.8 Å². The average Bonchev–Trinajstić information content (AvgIpc) is 2.35. The number of nitrogens with zero attached hydrogens (tertiary/aromatic N) is 1. The summed E-state index contributed by atoms with van der Waals surface area (Å²) in [6.45, 7) is 1.97.